The van der Waals surface area contributed by atoms with Gasteiger partial charge < -0.3 is 24.3 Å². The number of carbonyl (C=O) groups is 1. The zero-order valence-electron chi connectivity index (χ0n) is 9.75. The van der Waals surface area contributed by atoms with Crippen molar-refractivity contribution in [1.82, 2.24) is 4.98 Å². The highest BCUT2D eigenvalue weighted by Crippen LogP contribution is 2.34. The summed E-state index contributed by atoms with van der Waals surface area (Å²) in [4.78, 5) is 14.5. The van der Waals surface area contributed by atoms with E-state index in [0.717, 1.165) is 12.0 Å². The van der Waals surface area contributed by atoms with Crippen LogP contribution in [0, 0.1) is 0 Å². The van der Waals surface area contributed by atoms with Crippen molar-refractivity contribution in [2.45, 2.75) is 6.54 Å². The van der Waals surface area contributed by atoms with Gasteiger partial charge in [-0.05, 0) is 12.1 Å². The van der Waals surface area contributed by atoms with Crippen molar-refractivity contribution < 1.29 is 23.8 Å². The molecule has 0 unspecified atom stereocenters. The Hall–Kier alpha value is -2.70. The number of anilines is 1. The molecule has 98 valence electrons. The van der Waals surface area contributed by atoms with Crippen LogP contribution in [0.25, 0.3) is 0 Å². The lowest BCUT2D eigenvalue weighted by Crippen LogP contribution is -2.01. The van der Waals surface area contributed by atoms with E-state index in [1.165, 1.54) is 0 Å². The van der Waals surface area contributed by atoms with Crippen LogP contribution in [0.5, 0.6) is 11.5 Å². The van der Waals surface area contributed by atoms with Gasteiger partial charge in [-0.3, -0.25) is 0 Å². The minimum absolute atomic E-state index is 0.109. The third-order valence-corrected chi connectivity index (χ3v) is 2.59. The molecule has 0 saturated heterocycles. The number of carboxylic acids is 1. The molecule has 1 aliphatic rings. The molecule has 0 bridgehead atoms. The number of hydrogen-bond donors (Lipinski definition) is 2. The van der Waals surface area contributed by atoms with Crippen molar-refractivity contribution in [2.75, 3.05) is 12.1 Å². The zero-order chi connectivity index (χ0) is 13.2. The summed E-state index contributed by atoms with van der Waals surface area (Å²) >= 11 is 0. The highest BCUT2D eigenvalue weighted by Gasteiger charge is 2.14. The maximum Gasteiger partial charge on any atom is 0.357 e. The Balaban J connectivity index is 1.67. The molecule has 2 heterocycles. The summed E-state index contributed by atoms with van der Waals surface area (Å²) in [5, 5.41) is 11.8. The first-order chi connectivity index (χ1) is 9.22. The highest BCUT2D eigenvalue weighted by atomic mass is 16.7. The molecule has 1 aliphatic heterocycles. The Morgan fingerprint density at radius 2 is 2.21 bits per heavy atom. The number of carboxylic acid groups (broad SMARTS) is 1. The van der Waals surface area contributed by atoms with Gasteiger partial charge in [-0.2, -0.15) is 0 Å². The standard InChI is InChI=1S/C12H10N2O5/c15-12(16)8-5-17-11(14-8)4-13-7-1-2-9-10(3-7)19-6-18-9/h1-3,5,13H,4,6H2,(H,15,16). The van der Waals surface area contributed by atoms with Crippen LogP contribution in [-0.2, 0) is 6.54 Å². The van der Waals surface area contributed by atoms with Crippen LogP contribution in [-0.4, -0.2) is 22.9 Å². The maximum absolute atomic E-state index is 10.6. The first-order valence-electron chi connectivity index (χ1n) is 5.53. The Morgan fingerprint density at radius 1 is 1.37 bits per heavy atom. The quantitative estimate of drug-likeness (QED) is 0.866. The van der Waals surface area contributed by atoms with Gasteiger partial charge in [0.1, 0.15) is 6.26 Å². The third kappa shape index (κ3) is 2.30. The van der Waals surface area contributed by atoms with E-state index in [0.29, 0.717) is 17.4 Å². The molecule has 1 aromatic carbocycles. The Labute approximate surface area is 107 Å². The number of rotatable bonds is 4. The van der Waals surface area contributed by atoms with Crippen LogP contribution in [0.3, 0.4) is 0 Å². The lowest BCUT2D eigenvalue weighted by atomic mass is 10.3. The van der Waals surface area contributed by atoms with Gasteiger partial charge >= 0.3 is 5.97 Å². The molecule has 3 rings (SSSR count). The number of aromatic nitrogens is 1. The van der Waals surface area contributed by atoms with E-state index >= 15 is 0 Å². The van der Waals surface area contributed by atoms with E-state index in [9.17, 15) is 4.79 Å². The predicted molar refractivity (Wildman–Crippen MR) is 63.4 cm³/mol. The second-order valence-corrected chi connectivity index (χ2v) is 3.85. The van der Waals surface area contributed by atoms with Gasteiger partial charge in [0.05, 0.1) is 6.54 Å². The monoisotopic (exact) mass is 262 g/mol. The van der Waals surface area contributed by atoms with Crippen molar-refractivity contribution in [3.8, 4) is 11.5 Å². The van der Waals surface area contributed by atoms with Crippen molar-refractivity contribution >= 4 is 11.7 Å². The molecule has 7 heteroatoms. The number of fused-ring (bicyclic) bond motifs is 1. The average Bonchev–Trinajstić information content (AvgIpc) is 3.04. The molecule has 2 N–H and O–H groups in total. The van der Waals surface area contributed by atoms with E-state index in [1.54, 1.807) is 12.1 Å². The lowest BCUT2D eigenvalue weighted by molar-refractivity contribution is 0.0690. The SMILES string of the molecule is O=C(O)c1coc(CNc2ccc3c(c2)OCO3)n1. The smallest absolute Gasteiger partial charge is 0.357 e. The Bertz CT molecular complexity index is 622. The van der Waals surface area contributed by atoms with Crippen molar-refractivity contribution in [2.24, 2.45) is 0 Å². The largest absolute Gasteiger partial charge is 0.476 e. The summed E-state index contributed by atoms with van der Waals surface area (Å²) in [5.41, 5.74) is 0.696. The number of hydrogen-bond acceptors (Lipinski definition) is 6. The Kier molecular flexibility index (Phi) is 2.71. The fourth-order valence-corrected chi connectivity index (χ4v) is 1.67. The number of aromatic carboxylic acids is 1. The van der Waals surface area contributed by atoms with Crippen molar-refractivity contribution in [3.05, 3.63) is 36.0 Å². The highest BCUT2D eigenvalue weighted by molar-refractivity contribution is 5.84. The van der Waals surface area contributed by atoms with Crippen LogP contribution in [0.1, 0.15) is 16.4 Å². The molecule has 7 nitrogen and oxygen atoms in total. The van der Waals surface area contributed by atoms with Gasteiger partial charge in [-0.1, -0.05) is 0 Å². The van der Waals surface area contributed by atoms with E-state index in [1.807, 2.05) is 6.07 Å². The normalized spacial score (nSPS) is 12.4. The lowest BCUT2D eigenvalue weighted by Gasteiger charge is -2.04. The number of oxazole rings is 1. The van der Waals surface area contributed by atoms with Crippen LogP contribution >= 0.6 is 0 Å². The van der Waals surface area contributed by atoms with Crippen LogP contribution in [0.15, 0.2) is 28.9 Å². The summed E-state index contributed by atoms with van der Waals surface area (Å²) < 4.78 is 15.5. The number of benzene rings is 1. The first-order valence-corrected chi connectivity index (χ1v) is 5.53. The van der Waals surface area contributed by atoms with Gasteiger partial charge in [-0.25, -0.2) is 9.78 Å². The van der Waals surface area contributed by atoms with Crippen LogP contribution < -0.4 is 14.8 Å². The van der Waals surface area contributed by atoms with Crippen LogP contribution in [0.2, 0.25) is 0 Å². The molecule has 0 spiro atoms. The van der Waals surface area contributed by atoms with E-state index in [-0.39, 0.29) is 19.0 Å². The molecule has 2 aromatic rings. The van der Waals surface area contributed by atoms with Gasteiger partial charge in [-0.15, -0.1) is 0 Å². The van der Waals surface area contributed by atoms with E-state index < -0.39 is 5.97 Å². The zero-order valence-corrected chi connectivity index (χ0v) is 9.75. The molecule has 0 aliphatic carbocycles. The molecule has 0 saturated carbocycles. The average molecular weight is 262 g/mol. The Morgan fingerprint density at radius 3 is 3.00 bits per heavy atom. The molecule has 0 radical (unpaired) electrons. The molecule has 1 aromatic heterocycles. The molecule has 0 fully saturated rings. The van der Waals surface area contributed by atoms with E-state index in [2.05, 4.69) is 10.3 Å². The van der Waals surface area contributed by atoms with Crippen molar-refractivity contribution in [1.29, 1.82) is 0 Å². The van der Waals surface area contributed by atoms with Gasteiger partial charge in [0.25, 0.3) is 0 Å². The minimum atomic E-state index is -1.11. The molecular weight excluding hydrogens is 252 g/mol. The molecule has 0 atom stereocenters. The maximum atomic E-state index is 10.6. The summed E-state index contributed by atoms with van der Waals surface area (Å²) in [6.07, 6.45) is 1.11. The minimum Gasteiger partial charge on any atom is -0.476 e. The van der Waals surface area contributed by atoms with Crippen molar-refractivity contribution in [3.63, 3.8) is 0 Å². The summed E-state index contributed by atoms with van der Waals surface area (Å²) in [5.74, 6) is 0.562. The number of nitrogens with one attached hydrogen (secondary N) is 1. The predicted octanol–water partition coefficient (Wildman–Crippen LogP) is 1.71. The second-order valence-electron chi connectivity index (χ2n) is 3.85. The summed E-state index contributed by atoms with van der Waals surface area (Å²) in [7, 11) is 0. The number of nitrogens with zero attached hydrogens (tertiary/aromatic N) is 1. The number of ether oxygens (including phenoxy) is 2. The molecular formula is C12H10N2O5. The first kappa shape index (κ1) is 11.4. The van der Waals surface area contributed by atoms with E-state index in [4.69, 9.17) is 19.0 Å². The topological polar surface area (TPSA) is 93.8 Å². The summed E-state index contributed by atoms with van der Waals surface area (Å²) in [6.45, 7) is 0.507. The fourth-order valence-electron chi connectivity index (χ4n) is 1.67. The third-order valence-electron chi connectivity index (χ3n) is 2.59. The second kappa shape index (κ2) is 4.52. The summed E-state index contributed by atoms with van der Waals surface area (Å²) in [6, 6.07) is 5.42. The fraction of sp³-hybridized carbons (Fsp3) is 0.167. The molecule has 19 heavy (non-hydrogen) atoms. The van der Waals surface area contributed by atoms with Crippen LogP contribution in [0.4, 0.5) is 5.69 Å². The van der Waals surface area contributed by atoms with Gasteiger partial charge in [0, 0.05) is 11.8 Å². The molecule has 0 amide bonds. The van der Waals surface area contributed by atoms with Gasteiger partial charge in [0.2, 0.25) is 12.7 Å². The van der Waals surface area contributed by atoms with Gasteiger partial charge in [0.15, 0.2) is 17.2 Å².